The van der Waals surface area contributed by atoms with E-state index in [1.165, 1.54) is 0 Å². The number of hydrogen-bond acceptors (Lipinski definition) is 3. The molecule has 0 bridgehead atoms. The molecule has 1 rings (SSSR count). The van der Waals surface area contributed by atoms with Gasteiger partial charge in [-0.1, -0.05) is 18.1 Å². The Bertz CT molecular complexity index is 494. The molecular formula is C12H13N3O3. The number of carbonyl (C=O) groups excluding carboxylic acids is 1. The zero-order valence-electron chi connectivity index (χ0n) is 9.59. The molecule has 0 aromatic heterocycles. The SMILES string of the molecule is C#CCN(CC(=O)O)C(=O)Nc1ccccc1N. The van der Waals surface area contributed by atoms with Crippen molar-refractivity contribution in [2.24, 2.45) is 0 Å². The third-order valence-electron chi connectivity index (χ3n) is 2.10. The summed E-state index contributed by atoms with van der Waals surface area (Å²) in [6, 6.07) is 6.06. The number of nitrogen functional groups attached to an aromatic ring is 1. The van der Waals surface area contributed by atoms with E-state index in [2.05, 4.69) is 11.2 Å². The molecule has 2 amide bonds. The van der Waals surface area contributed by atoms with E-state index in [4.69, 9.17) is 17.3 Å². The largest absolute Gasteiger partial charge is 0.480 e. The van der Waals surface area contributed by atoms with E-state index in [0.29, 0.717) is 11.4 Å². The highest BCUT2D eigenvalue weighted by molar-refractivity contribution is 5.94. The van der Waals surface area contributed by atoms with Gasteiger partial charge in [-0.25, -0.2) is 4.79 Å². The summed E-state index contributed by atoms with van der Waals surface area (Å²) in [5.41, 5.74) is 6.46. The molecule has 0 saturated heterocycles. The lowest BCUT2D eigenvalue weighted by Crippen LogP contribution is -2.39. The standard InChI is InChI=1S/C12H13N3O3/c1-2-7-15(8-11(16)17)12(18)14-10-6-4-3-5-9(10)13/h1,3-6H,7-8,13H2,(H,14,18)(H,16,17). The van der Waals surface area contributed by atoms with E-state index < -0.39 is 18.5 Å². The fourth-order valence-corrected chi connectivity index (χ4v) is 1.28. The summed E-state index contributed by atoms with van der Waals surface area (Å²) in [6.07, 6.45) is 5.08. The molecule has 0 aliphatic heterocycles. The van der Waals surface area contributed by atoms with Gasteiger partial charge in [0.25, 0.3) is 0 Å². The second-order valence-corrected chi connectivity index (χ2v) is 3.47. The van der Waals surface area contributed by atoms with E-state index in [1.54, 1.807) is 24.3 Å². The predicted molar refractivity (Wildman–Crippen MR) is 67.9 cm³/mol. The summed E-state index contributed by atoms with van der Waals surface area (Å²) in [5, 5.41) is 11.2. The van der Waals surface area contributed by atoms with Crippen molar-refractivity contribution in [3.63, 3.8) is 0 Å². The number of para-hydroxylation sites is 2. The average molecular weight is 247 g/mol. The van der Waals surface area contributed by atoms with Gasteiger partial charge < -0.3 is 21.1 Å². The molecule has 1 aromatic rings. The van der Waals surface area contributed by atoms with E-state index in [1.807, 2.05) is 0 Å². The number of carboxylic acids is 1. The summed E-state index contributed by atoms with van der Waals surface area (Å²) in [7, 11) is 0. The lowest BCUT2D eigenvalue weighted by molar-refractivity contribution is -0.137. The number of amides is 2. The van der Waals surface area contributed by atoms with E-state index in [9.17, 15) is 9.59 Å². The van der Waals surface area contributed by atoms with Crippen LogP contribution in [0, 0.1) is 12.3 Å². The molecule has 18 heavy (non-hydrogen) atoms. The summed E-state index contributed by atoms with van der Waals surface area (Å²) in [4.78, 5) is 23.4. The molecule has 0 aliphatic rings. The first-order chi connectivity index (χ1) is 8.54. The molecule has 0 unspecified atom stereocenters. The van der Waals surface area contributed by atoms with Crippen molar-refractivity contribution in [1.82, 2.24) is 4.90 Å². The van der Waals surface area contributed by atoms with Crippen LogP contribution in [0.15, 0.2) is 24.3 Å². The highest BCUT2D eigenvalue weighted by Crippen LogP contribution is 2.17. The van der Waals surface area contributed by atoms with Gasteiger partial charge in [-0.3, -0.25) is 4.79 Å². The van der Waals surface area contributed by atoms with Crippen LogP contribution >= 0.6 is 0 Å². The third-order valence-corrected chi connectivity index (χ3v) is 2.10. The van der Waals surface area contributed by atoms with Gasteiger partial charge in [-0.05, 0) is 12.1 Å². The number of anilines is 2. The molecular weight excluding hydrogens is 234 g/mol. The van der Waals surface area contributed by atoms with Crippen LogP contribution in [-0.4, -0.2) is 35.1 Å². The first-order valence-corrected chi connectivity index (χ1v) is 5.10. The fourth-order valence-electron chi connectivity index (χ4n) is 1.28. The number of carboxylic acid groups (broad SMARTS) is 1. The van der Waals surface area contributed by atoms with Crippen LogP contribution < -0.4 is 11.1 Å². The first-order valence-electron chi connectivity index (χ1n) is 5.10. The van der Waals surface area contributed by atoms with Crippen molar-refractivity contribution in [3.8, 4) is 12.3 Å². The number of hydrogen-bond donors (Lipinski definition) is 3. The van der Waals surface area contributed by atoms with E-state index >= 15 is 0 Å². The summed E-state index contributed by atoms with van der Waals surface area (Å²) in [5.74, 6) is 1.09. The van der Waals surface area contributed by atoms with Crippen molar-refractivity contribution in [1.29, 1.82) is 0 Å². The number of urea groups is 1. The number of aliphatic carboxylic acids is 1. The number of rotatable bonds is 4. The van der Waals surface area contributed by atoms with E-state index in [-0.39, 0.29) is 6.54 Å². The molecule has 0 aliphatic carbocycles. The topological polar surface area (TPSA) is 95.7 Å². The Morgan fingerprint density at radius 1 is 1.44 bits per heavy atom. The van der Waals surface area contributed by atoms with Crippen molar-refractivity contribution in [3.05, 3.63) is 24.3 Å². The molecule has 0 atom stereocenters. The minimum atomic E-state index is -1.14. The van der Waals surface area contributed by atoms with Crippen LogP contribution in [0.2, 0.25) is 0 Å². The van der Waals surface area contributed by atoms with Crippen LogP contribution in [0.3, 0.4) is 0 Å². The van der Waals surface area contributed by atoms with Crippen LogP contribution in [0.4, 0.5) is 16.2 Å². The average Bonchev–Trinajstić information content (AvgIpc) is 2.31. The highest BCUT2D eigenvalue weighted by Gasteiger charge is 2.16. The number of nitrogens with one attached hydrogen (secondary N) is 1. The Morgan fingerprint density at radius 2 is 2.11 bits per heavy atom. The van der Waals surface area contributed by atoms with Gasteiger partial charge in [0.15, 0.2) is 0 Å². The Kier molecular flexibility index (Phi) is 4.58. The maximum Gasteiger partial charge on any atom is 0.323 e. The van der Waals surface area contributed by atoms with Crippen molar-refractivity contribution in [2.75, 3.05) is 24.1 Å². The maximum atomic E-state index is 11.8. The van der Waals surface area contributed by atoms with Gasteiger partial charge in [-0.15, -0.1) is 6.42 Å². The van der Waals surface area contributed by atoms with Crippen LogP contribution in [0.5, 0.6) is 0 Å². The lowest BCUT2D eigenvalue weighted by atomic mass is 10.3. The molecule has 0 heterocycles. The highest BCUT2D eigenvalue weighted by atomic mass is 16.4. The summed E-state index contributed by atoms with van der Waals surface area (Å²) < 4.78 is 0. The first kappa shape index (κ1) is 13.4. The Balaban J connectivity index is 2.76. The lowest BCUT2D eigenvalue weighted by Gasteiger charge is -2.19. The molecule has 1 aromatic carbocycles. The molecule has 0 saturated carbocycles. The molecule has 0 radical (unpaired) electrons. The molecule has 6 nitrogen and oxygen atoms in total. The van der Waals surface area contributed by atoms with Gasteiger partial charge in [0, 0.05) is 0 Å². The van der Waals surface area contributed by atoms with Crippen molar-refractivity contribution < 1.29 is 14.7 Å². The zero-order valence-corrected chi connectivity index (χ0v) is 9.59. The van der Waals surface area contributed by atoms with Crippen molar-refractivity contribution in [2.45, 2.75) is 0 Å². The summed E-state index contributed by atoms with van der Waals surface area (Å²) in [6.45, 7) is -0.562. The number of carbonyl (C=O) groups is 2. The van der Waals surface area contributed by atoms with Crippen LogP contribution in [0.25, 0.3) is 0 Å². The van der Waals surface area contributed by atoms with Crippen molar-refractivity contribution >= 4 is 23.4 Å². The fraction of sp³-hybridized carbons (Fsp3) is 0.167. The minimum absolute atomic E-state index is 0.0924. The predicted octanol–water partition coefficient (Wildman–Crippen LogP) is 0.820. The normalized spacial score (nSPS) is 9.28. The second-order valence-electron chi connectivity index (χ2n) is 3.47. The number of nitrogens with zero attached hydrogens (tertiary/aromatic N) is 1. The quantitative estimate of drug-likeness (QED) is 0.542. The zero-order chi connectivity index (χ0) is 13.5. The number of terminal acetylenes is 1. The van der Waals surface area contributed by atoms with E-state index in [0.717, 1.165) is 4.90 Å². The maximum absolute atomic E-state index is 11.8. The number of benzene rings is 1. The number of nitrogens with two attached hydrogens (primary N) is 1. The molecule has 0 spiro atoms. The summed E-state index contributed by atoms with van der Waals surface area (Å²) >= 11 is 0. The molecule has 0 fully saturated rings. The smallest absolute Gasteiger partial charge is 0.323 e. The van der Waals surface area contributed by atoms with Crippen LogP contribution in [0.1, 0.15) is 0 Å². The van der Waals surface area contributed by atoms with Gasteiger partial charge in [0.1, 0.15) is 6.54 Å². The van der Waals surface area contributed by atoms with Gasteiger partial charge in [-0.2, -0.15) is 0 Å². The Labute approximate surface area is 104 Å². The second kappa shape index (κ2) is 6.15. The molecule has 94 valence electrons. The third kappa shape index (κ3) is 3.72. The van der Waals surface area contributed by atoms with Crippen LogP contribution in [-0.2, 0) is 4.79 Å². The van der Waals surface area contributed by atoms with Gasteiger partial charge in [0.05, 0.1) is 17.9 Å². The monoisotopic (exact) mass is 247 g/mol. The Morgan fingerprint density at radius 3 is 2.67 bits per heavy atom. The van der Waals surface area contributed by atoms with Gasteiger partial charge in [0.2, 0.25) is 0 Å². The molecule has 6 heteroatoms. The van der Waals surface area contributed by atoms with Gasteiger partial charge >= 0.3 is 12.0 Å². The Hall–Kier alpha value is -2.68. The molecule has 4 N–H and O–H groups in total. The minimum Gasteiger partial charge on any atom is -0.480 e.